The van der Waals surface area contributed by atoms with Crippen molar-refractivity contribution in [1.82, 2.24) is 9.88 Å². The maximum Gasteiger partial charge on any atom is 0.357 e. The zero-order chi connectivity index (χ0) is 13.8. The van der Waals surface area contributed by atoms with Gasteiger partial charge in [-0.3, -0.25) is 4.79 Å². The number of thiazole rings is 1. The number of carbonyl (C=O) groups is 2. The molecule has 7 heteroatoms. The molecular weight excluding hydrogens is 266 g/mol. The van der Waals surface area contributed by atoms with Crippen molar-refractivity contribution in [2.75, 3.05) is 38.2 Å². The van der Waals surface area contributed by atoms with Crippen LogP contribution < -0.4 is 4.90 Å². The van der Waals surface area contributed by atoms with Crippen molar-refractivity contribution in [3.05, 3.63) is 11.1 Å². The van der Waals surface area contributed by atoms with Gasteiger partial charge in [0.1, 0.15) is 0 Å². The Morgan fingerprint density at radius 2 is 2.32 bits per heavy atom. The highest BCUT2D eigenvalue weighted by Crippen LogP contribution is 2.22. The van der Waals surface area contributed by atoms with E-state index in [-0.39, 0.29) is 5.91 Å². The Kier molecular flexibility index (Phi) is 4.36. The second-order valence-corrected chi connectivity index (χ2v) is 5.16. The third-order valence-corrected chi connectivity index (χ3v) is 3.82. The lowest BCUT2D eigenvalue weighted by atomic mass is 10.4. The number of nitrogens with zero attached hydrogens (tertiary/aromatic N) is 3. The fraction of sp³-hybridized carbons (Fsp3) is 0.583. The van der Waals surface area contributed by atoms with Crippen molar-refractivity contribution in [2.45, 2.75) is 13.3 Å². The van der Waals surface area contributed by atoms with Crippen LogP contribution in [0.1, 0.15) is 23.8 Å². The molecule has 19 heavy (non-hydrogen) atoms. The first-order valence-corrected chi connectivity index (χ1v) is 7.11. The zero-order valence-electron chi connectivity index (χ0n) is 11.1. The number of hydrogen-bond donors (Lipinski definition) is 0. The topological polar surface area (TPSA) is 62.7 Å². The van der Waals surface area contributed by atoms with Crippen LogP contribution in [0.25, 0.3) is 0 Å². The lowest BCUT2D eigenvalue weighted by Crippen LogP contribution is -2.34. The van der Waals surface area contributed by atoms with Gasteiger partial charge in [0, 0.05) is 25.5 Å². The van der Waals surface area contributed by atoms with E-state index in [0.717, 1.165) is 19.5 Å². The standard InChI is InChI=1S/C12H17N3O3S/c1-3-18-11(17)9-8-19-12(13-9)15-6-4-5-14(2)10(16)7-15/h8H,3-7H2,1-2H3. The molecule has 0 atom stereocenters. The van der Waals surface area contributed by atoms with E-state index in [2.05, 4.69) is 4.98 Å². The van der Waals surface area contributed by atoms with Crippen LogP contribution in [0.2, 0.25) is 0 Å². The fourth-order valence-corrected chi connectivity index (χ4v) is 2.68. The molecule has 1 saturated heterocycles. The highest BCUT2D eigenvalue weighted by Gasteiger charge is 2.22. The van der Waals surface area contributed by atoms with E-state index >= 15 is 0 Å². The van der Waals surface area contributed by atoms with E-state index in [1.807, 2.05) is 4.90 Å². The van der Waals surface area contributed by atoms with Gasteiger partial charge in [0.05, 0.1) is 13.2 Å². The van der Waals surface area contributed by atoms with Gasteiger partial charge >= 0.3 is 5.97 Å². The molecule has 0 spiro atoms. The number of carbonyl (C=O) groups excluding carboxylic acids is 2. The van der Waals surface area contributed by atoms with E-state index < -0.39 is 5.97 Å². The molecule has 2 rings (SSSR count). The van der Waals surface area contributed by atoms with Crippen molar-refractivity contribution in [3.8, 4) is 0 Å². The summed E-state index contributed by atoms with van der Waals surface area (Å²) in [5, 5.41) is 2.37. The number of amides is 1. The summed E-state index contributed by atoms with van der Waals surface area (Å²) in [6.07, 6.45) is 0.899. The summed E-state index contributed by atoms with van der Waals surface area (Å²) in [5.41, 5.74) is 0.312. The van der Waals surface area contributed by atoms with Gasteiger partial charge in [0.15, 0.2) is 10.8 Å². The van der Waals surface area contributed by atoms with Crippen LogP contribution in [-0.2, 0) is 9.53 Å². The molecule has 6 nitrogen and oxygen atoms in total. The molecule has 0 radical (unpaired) electrons. The number of likely N-dealkylation sites (N-methyl/N-ethyl adjacent to an activating group) is 1. The first-order valence-electron chi connectivity index (χ1n) is 6.23. The number of aromatic nitrogens is 1. The van der Waals surface area contributed by atoms with Crippen molar-refractivity contribution in [1.29, 1.82) is 0 Å². The van der Waals surface area contributed by atoms with E-state index in [1.165, 1.54) is 11.3 Å². The number of anilines is 1. The number of rotatable bonds is 3. The smallest absolute Gasteiger partial charge is 0.357 e. The Morgan fingerprint density at radius 1 is 1.53 bits per heavy atom. The third kappa shape index (κ3) is 3.23. The summed E-state index contributed by atoms with van der Waals surface area (Å²) >= 11 is 1.37. The zero-order valence-corrected chi connectivity index (χ0v) is 11.9. The Hall–Kier alpha value is -1.63. The van der Waals surface area contributed by atoms with E-state index in [9.17, 15) is 9.59 Å². The van der Waals surface area contributed by atoms with E-state index in [1.54, 1.807) is 24.3 Å². The maximum atomic E-state index is 11.8. The summed E-state index contributed by atoms with van der Waals surface area (Å²) in [6.45, 7) is 3.93. The molecule has 0 aromatic carbocycles. The monoisotopic (exact) mass is 283 g/mol. The normalized spacial score (nSPS) is 16.4. The minimum absolute atomic E-state index is 0.0744. The second-order valence-electron chi connectivity index (χ2n) is 4.33. The SMILES string of the molecule is CCOC(=O)c1csc(N2CCCN(C)C(=O)C2)n1. The summed E-state index contributed by atoms with van der Waals surface area (Å²) in [6, 6.07) is 0. The molecule has 0 saturated carbocycles. The largest absolute Gasteiger partial charge is 0.461 e. The van der Waals surface area contributed by atoms with Crippen LogP contribution in [0.4, 0.5) is 5.13 Å². The van der Waals surface area contributed by atoms with Crippen LogP contribution in [0.5, 0.6) is 0 Å². The number of ether oxygens (including phenoxy) is 1. The molecule has 0 unspecified atom stereocenters. The average molecular weight is 283 g/mol. The molecule has 1 fully saturated rings. The highest BCUT2D eigenvalue weighted by molar-refractivity contribution is 7.13. The Morgan fingerprint density at radius 3 is 3.05 bits per heavy atom. The van der Waals surface area contributed by atoms with Crippen LogP contribution in [-0.4, -0.2) is 55.0 Å². The molecule has 1 aliphatic heterocycles. The third-order valence-electron chi connectivity index (χ3n) is 2.92. The molecule has 1 aliphatic rings. The van der Waals surface area contributed by atoms with E-state index in [0.29, 0.717) is 24.0 Å². The minimum Gasteiger partial charge on any atom is -0.461 e. The van der Waals surface area contributed by atoms with Crippen molar-refractivity contribution >= 4 is 28.3 Å². The van der Waals surface area contributed by atoms with Gasteiger partial charge in [-0.15, -0.1) is 11.3 Å². The molecular formula is C12H17N3O3S. The summed E-state index contributed by atoms with van der Waals surface area (Å²) in [4.78, 5) is 31.3. The predicted octanol–water partition coefficient (Wildman–Crippen LogP) is 0.988. The summed E-state index contributed by atoms with van der Waals surface area (Å²) in [7, 11) is 1.80. The second kappa shape index (κ2) is 6.01. The molecule has 2 heterocycles. The van der Waals surface area contributed by atoms with Crippen molar-refractivity contribution < 1.29 is 14.3 Å². The maximum absolute atomic E-state index is 11.8. The van der Waals surface area contributed by atoms with Crippen molar-refractivity contribution in [2.24, 2.45) is 0 Å². The summed E-state index contributed by atoms with van der Waals surface area (Å²) < 4.78 is 4.90. The predicted molar refractivity (Wildman–Crippen MR) is 72.5 cm³/mol. The Labute approximate surface area is 116 Å². The Bertz CT molecular complexity index is 475. The van der Waals surface area contributed by atoms with Crippen molar-refractivity contribution in [3.63, 3.8) is 0 Å². The minimum atomic E-state index is -0.414. The van der Waals surface area contributed by atoms with Gasteiger partial charge < -0.3 is 14.5 Å². The first-order chi connectivity index (χ1) is 9.11. The van der Waals surface area contributed by atoms with Gasteiger partial charge in [-0.2, -0.15) is 0 Å². The number of hydrogen-bond acceptors (Lipinski definition) is 6. The lowest BCUT2D eigenvalue weighted by Gasteiger charge is -2.18. The lowest BCUT2D eigenvalue weighted by molar-refractivity contribution is -0.127. The van der Waals surface area contributed by atoms with Gasteiger partial charge in [-0.05, 0) is 13.3 Å². The molecule has 0 aliphatic carbocycles. The highest BCUT2D eigenvalue weighted by atomic mass is 32.1. The molecule has 0 N–H and O–H groups in total. The van der Waals surface area contributed by atoms with Gasteiger partial charge in [0.25, 0.3) is 0 Å². The van der Waals surface area contributed by atoms with Gasteiger partial charge in [-0.25, -0.2) is 9.78 Å². The fourth-order valence-electron chi connectivity index (χ4n) is 1.86. The molecule has 1 aromatic rings. The first kappa shape index (κ1) is 13.8. The van der Waals surface area contributed by atoms with Gasteiger partial charge in [-0.1, -0.05) is 0 Å². The number of esters is 1. The quantitative estimate of drug-likeness (QED) is 0.774. The molecule has 104 valence electrons. The van der Waals surface area contributed by atoms with Crippen LogP contribution in [0, 0.1) is 0 Å². The van der Waals surface area contributed by atoms with Crippen LogP contribution in [0.3, 0.4) is 0 Å². The summed E-state index contributed by atoms with van der Waals surface area (Å²) in [5.74, 6) is -0.339. The Balaban J connectivity index is 2.09. The van der Waals surface area contributed by atoms with Gasteiger partial charge in [0.2, 0.25) is 5.91 Å². The molecule has 1 amide bonds. The molecule has 1 aromatic heterocycles. The van der Waals surface area contributed by atoms with E-state index in [4.69, 9.17) is 4.74 Å². The van der Waals surface area contributed by atoms with Crippen LogP contribution in [0.15, 0.2) is 5.38 Å². The van der Waals surface area contributed by atoms with Crippen LogP contribution >= 0.6 is 11.3 Å². The average Bonchev–Trinajstić information content (AvgIpc) is 2.81. The molecule has 0 bridgehead atoms.